The molecule has 0 aliphatic carbocycles. The zero-order valence-electron chi connectivity index (χ0n) is 26.2. The van der Waals surface area contributed by atoms with E-state index in [1.165, 1.54) is 0 Å². The van der Waals surface area contributed by atoms with Crippen LogP contribution >= 0.6 is 0 Å². The van der Waals surface area contributed by atoms with Gasteiger partial charge in [-0.2, -0.15) is 0 Å². The standard InChI is InChI=1S/C39H37NO5/c1-41-32-18-10-28(11-19-32)36(29-12-20-33(42-2)21-13-29)26-40(38-8-6-7-9-39(38)45-5)27-37(30-14-22-34(43-3)23-15-30)31-16-24-35(44-4)25-17-31/h6-27H,1-5H3. The van der Waals surface area contributed by atoms with Crippen molar-refractivity contribution in [2.75, 3.05) is 40.4 Å². The average molecular weight is 600 g/mol. The molecular formula is C39H37NO5. The van der Waals surface area contributed by atoms with E-state index < -0.39 is 0 Å². The molecule has 0 atom stereocenters. The van der Waals surface area contributed by atoms with Gasteiger partial charge in [0.25, 0.3) is 0 Å². The zero-order valence-corrected chi connectivity index (χ0v) is 26.2. The number of hydrogen-bond donors (Lipinski definition) is 0. The van der Waals surface area contributed by atoms with Crippen LogP contribution in [-0.2, 0) is 0 Å². The number of anilines is 1. The van der Waals surface area contributed by atoms with Crippen molar-refractivity contribution in [1.29, 1.82) is 0 Å². The second kappa shape index (κ2) is 14.7. The summed E-state index contributed by atoms with van der Waals surface area (Å²) in [6.45, 7) is 0. The van der Waals surface area contributed by atoms with Crippen LogP contribution in [-0.4, -0.2) is 35.5 Å². The first-order chi connectivity index (χ1) is 22.1. The third kappa shape index (κ3) is 7.31. The van der Waals surface area contributed by atoms with Crippen LogP contribution < -0.4 is 28.6 Å². The molecule has 0 fully saturated rings. The van der Waals surface area contributed by atoms with Crippen molar-refractivity contribution in [3.05, 3.63) is 156 Å². The van der Waals surface area contributed by atoms with Gasteiger partial charge in [0.15, 0.2) is 0 Å². The van der Waals surface area contributed by atoms with Gasteiger partial charge in [0.2, 0.25) is 0 Å². The summed E-state index contributed by atoms with van der Waals surface area (Å²) in [4.78, 5) is 2.12. The van der Waals surface area contributed by atoms with Gasteiger partial charge in [-0.3, -0.25) is 0 Å². The normalized spacial score (nSPS) is 10.3. The van der Waals surface area contributed by atoms with Gasteiger partial charge < -0.3 is 28.6 Å². The van der Waals surface area contributed by atoms with Crippen molar-refractivity contribution in [3.63, 3.8) is 0 Å². The highest BCUT2D eigenvalue weighted by molar-refractivity contribution is 5.87. The fraction of sp³-hybridized carbons (Fsp3) is 0.128. The van der Waals surface area contributed by atoms with Crippen molar-refractivity contribution in [3.8, 4) is 28.7 Å². The number of benzene rings is 5. The minimum Gasteiger partial charge on any atom is -0.497 e. The Hall–Kier alpha value is -5.62. The van der Waals surface area contributed by atoms with Gasteiger partial charge in [-0.15, -0.1) is 0 Å². The van der Waals surface area contributed by atoms with Crippen molar-refractivity contribution in [2.24, 2.45) is 0 Å². The first-order valence-corrected chi connectivity index (χ1v) is 14.5. The zero-order chi connectivity index (χ0) is 31.6. The highest BCUT2D eigenvalue weighted by Crippen LogP contribution is 2.36. The lowest BCUT2D eigenvalue weighted by Crippen LogP contribution is -2.12. The van der Waals surface area contributed by atoms with Crippen LogP contribution in [0.15, 0.2) is 134 Å². The van der Waals surface area contributed by atoms with E-state index in [1.807, 2.05) is 72.8 Å². The largest absolute Gasteiger partial charge is 0.497 e. The van der Waals surface area contributed by atoms with Crippen LogP contribution in [0.25, 0.3) is 11.1 Å². The third-order valence-corrected chi connectivity index (χ3v) is 7.50. The summed E-state index contributed by atoms with van der Waals surface area (Å²) < 4.78 is 27.7. The fourth-order valence-electron chi connectivity index (χ4n) is 5.01. The molecule has 5 rings (SSSR count). The quantitative estimate of drug-likeness (QED) is 0.143. The van der Waals surface area contributed by atoms with Gasteiger partial charge in [-0.1, -0.05) is 60.7 Å². The number of para-hydroxylation sites is 2. The number of ether oxygens (including phenoxy) is 5. The monoisotopic (exact) mass is 599 g/mol. The van der Waals surface area contributed by atoms with Crippen LogP contribution in [0.4, 0.5) is 5.69 Å². The molecule has 0 radical (unpaired) electrons. The summed E-state index contributed by atoms with van der Waals surface area (Å²) in [5.74, 6) is 3.88. The third-order valence-electron chi connectivity index (χ3n) is 7.50. The van der Waals surface area contributed by atoms with E-state index in [1.54, 1.807) is 35.5 Å². The first kappa shape index (κ1) is 30.8. The first-order valence-electron chi connectivity index (χ1n) is 14.5. The Bertz CT molecular complexity index is 1530. The molecule has 0 unspecified atom stereocenters. The number of hydrogen-bond acceptors (Lipinski definition) is 6. The average Bonchev–Trinajstić information content (AvgIpc) is 3.12. The molecule has 5 aromatic carbocycles. The molecule has 0 N–H and O–H groups in total. The molecule has 0 spiro atoms. The maximum Gasteiger partial charge on any atom is 0.142 e. The predicted octanol–water partition coefficient (Wildman–Crippen LogP) is 8.71. The van der Waals surface area contributed by atoms with E-state index in [9.17, 15) is 0 Å². The van der Waals surface area contributed by atoms with Gasteiger partial charge in [0.05, 0.1) is 41.2 Å². The summed E-state index contributed by atoms with van der Waals surface area (Å²) in [5, 5.41) is 0. The van der Waals surface area contributed by atoms with E-state index in [0.29, 0.717) is 0 Å². The van der Waals surface area contributed by atoms with Gasteiger partial charge in [-0.05, 0) is 82.9 Å². The van der Waals surface area contributed by atoms with Gasteiger partial charge in [-0.25, -0.2) is 0 Å². The number of rotatable bonds is 12. The summed E-state index contributed by atoms with van der Waals surface area (Å²) in [7, 11) is 8.37. The van der Waals surface area contributed by atoms with E-state index in [-0.39, 0.29) is 0 Å². The molecule has 6 nitrogen and oxygen atoms in total. The van der Waals surface area contributed by atoms with Crippen LogP contribution in [0.2, 0.25) is 0 Å². The van der Waals surface area contributed by atoms with Crippen LogP contribution in [0.1, 0.15) is 22.3 Å². The SMILES string of the molecule is COc1ccc(C(=CN(C=C(c2ccc(OC)cc2)c2ccc(OC)cc2)c2ccccc2OC)c2ccc(OC)cc2)cc1. The molecule has 0 heterocycles. The maximum atomic E-state index is 5.87. The summed E-state index contributed by atoms with van der Waals surface area (Å²) in [5.41, 5.74) is 6.93. The second-order valence-electron chi connectivity index (χ2n) is 10.1. The van der Waals surface area contributed by atoms with E-state index in [4.69, 9.17) is 23.7 Å². The van der Waals surface area contributed by atoms with Crippen molar-refractivity contribution in [2.45, 2.75) is 0 Å². The van der Waals surface area contributed by atoms with Gasteiger partial charge >= 0.3 is 0 Å². The fourth-order valence-corrected chi connectivity index (χ4v) is 5.01. The molecule has 0 aliphatic rings. The minimum atomic E-state index is 0.734. The lowest BCUT2D eigenvalue weighted by atomic mass is 9.97. The van der Waals surface area contributed by atoms with E-state index in [0.717, 1.165) is 67.8 Å². The molecule has 0 saturated heterocycles. The molecule has 6 heteroatoms. The smallest absolute Gasteiger partial charge is 0.142 e. The molecule has 228 valence electrons. The number of methoxy groups -OCH3 is 5. The Kier molecular flexibility index (Phi) is 10.1. The molecule has 0 bridgehead atoms. The predicted molar refractivity (Wildman–Crippen MR) is 182 cm³/mol. The van der Waals surface area contributed by atoms with E-state index >= 15 is 0 Å². The topological polar surface area (TPSA) is 49.4 Å². The van der Waals surface area contributed by atoms with E-state index in [2.05, 4.69) is 65.8 Å². The van der Waals surface area contributed by atoms with Crippen molar-refractivity contribution in [1.82, 2.24) is 0 Å². The molecule has 0 aliphatic heterocycles. The summed E-state index contributed by atoms with van der Waals surface area (Å²) >= 11 is 0. The van der Waals surface area contributed by atoms with Crippen molar-refractivity contribution >= 4 is 16.8 Å². The molecule has 5 aromatic rings. The van der Waals surface area contributed by atoms with Gasteiger partial charge in [0, 0.05) is 23.5 Å². The molecule has 45 heavy (non-hydrogen) atoms. The minimum absolute atomic E-state index is 0.734. The van der Waals surface area contributed by atoms with Crippen LogP contribution in [0.3, 0.4) is 0 Å². The lowest BCUT2D eigenvalue weighted by molar-refractivity contribution is 0.414. The second-order valence-corrected chi connectivity index (χ2v) is 10.1. The Labute approximate surface area is 265 Å². The van der Waals surface area contributed by atoms with Crippen LogP contribution in [0.5, 0.6) is 28.7 Å². The summed E-state index contributed by atoms with van der Waals surface area (Å²) in [6.07, 6.45) is 4.27. The highest BCUT2D eigenvalue weighted by Gasteiger charge is 2.16. The molecule has 0 aromatic heterocycles. The highest BCUT2D eigenvalue weighted by atomic mass is 16.5. The Morgan fingerprint density at radius 2 is 0.711 bits per heavy atom. The Morgan fingerprint density at radius 3 is 1.00 bits per heavy atom. The maximum absolute atomic E-state index is 5.87. The van der Waals surface area contributed by atoms with Crippen LogP contribution in [0, 0.1) is 0 Å². The Balaban J connectivity index is 1.77. The van der Waals surface area contributed by atoms with Gasteiger partial charge in [0.1, 0.15) is 28.7 Å². The van der Waals surface area contributed by atoms with Crippen molar-refractivity contribution < 1.29 is 23.7 Å². The summed E-state index contributed by atoms with van der Waals surface area (Å²) in [6, 6.07) is 40.2. The molecule has 0 amide bonds. The lowest BCUT2D eigenvalue weighted by Gasteiger charge is -2.24. The Morgan fingerprint density at radius 1 is 0.400 bits per heavy atom. The number of nitrogens with zero attached hydrogens (tertiary/aromatic N) is 1. The molecular weight excluding hydrogens is 562 g/mol. The molecule has 0 saturated carbocycles.